The van der Waals surface area contributed by atoms with Gasteiger partial charge in [-0.2, -0.15) is 13.2 Å². The Labute approximate surface area is 142 Å². The zero-order valence-electron chi connectivity index (χ0n) is 13.7. The zero-order chi connectivity index (χ0) is 18.0. The van der Waals surface area contributed by atoms with Crippen LogP contribution in [-0.4, -0.2) is 52.9 Å². The summed E-state index contributed by atoms with van der Waals surface area (Å²) in [4.78, 5) is 20.8. The highest BCUT2D eigenvalue weighted by Crippen LogP contribution is 2.19. The largest absolute Gasteiger partial charge is 0.411 e. The Morgan fingerprint density at radius 2 is 2.20 bits per heavy atom. The van der Waals surface area contributed by atoms with Crippen LogP contribution >= 0.6 is 0 Å². The second-order valence-corrected chi connectivity index (χ2v) is 6.13. The van der Waals surface area contributed by atoms with Crippen LogP contribution in [0.1, 0.15) is 18.3 Å². The van der Waals surface area contributed by atoms with Gasteiger partial charge in [-0.15, -0.1) is 0 Å². The Hall–Kier alpha value is -2.29. The predicted octanol–water partition coefficient (Wildman–Crippen LogP) is 2.60. The third-order valence-corrected chi connectivity index (χ3v) is 3.93. The molecule has 0 saturated carbocycles. The van der Waals surface area contributed by atoms with Crippen LogP contribution in [0.15, 0.2) is 18.2 Å². The Morgan fingerprint density at radius 3 is 2.88 bits per heavy atom. The van der Waals surface area contributed by atoms with Gasteiger partial charge in [0.2, 0.25) is 0 Å². The number of ether oxygens (including phenoxy) is 1. The number of nitrogens with one attached hydrogen (secondary N) is 2. The zero-order valence-corrected chi connectivity index (χ0v) is 13.7. The van der Waals surface area contributed by atoms with Crippen LogP contribution in [0.4, 0.5) is 18.0 Å². The number of fused-ring (bicyclic) bond motifs is 1. The van der Waals surface area contributed by atoms with E-state index in [0.29, 0.717) is 25.5 Å². The average Bonchev–Trinajstić information content (AvgIpc) is 3.10. The first-order valence-corrected chi connectivity index (χ1v) is 7.99. The topological polar surface area (TPSA) is 70.2 Å². The SMILES string of the molecule is C[C@H](Cc1nc2ccc(CN3CCNC3=O)cc2[nH]1)OCC(F)(F)F. The number of imidazole rings is 1. The van der Waals surface area contributed by atoms with Crippen LogP contribution < -0.4 is 5.32 Å². The quantitative estimate of drug-likeness (QED) is 0.836. The molecule has 1 saturated heterocycles. The van der Waals surface area contributed by atoms with Crippen molar-refractivity contribution in [1.29, 1.82) is 0 Å². The average molecular weight is 356 g/mol. The number of hydrogen-bond donors (Lipinski definition) is 2. The molecule has 1 atom stereocenters. The maximum atomic E-state index is 12.2. The fraction of sp³-hybridized carbons (Fsp3) is 0.500. The van der Waals surface area contributed by atoms with Gasteiger partial charge in [0.15, 0.2) is 0 Å². The molecule has 0 bridgehead atoms. The molecule has 1 aliphatic rings. The van der Waals surface area contributed by atoms with Crippen LogP contribution in [0.25, 0.3) is 11.0 Å². The van der Waals surface area contributed by atoms with Crippen LogP contribution in [-0.2, 0) is 17.7 Å². The number of benzene rings is 1. The van der Waals surface area contributed by atoms with E-state index in [1.165, 1.54) is 0 Å². The van der Waals surface area contributed by atoms with Gasteiger partial charge in [0.25, 0.3) is 0 Å². The normalized spacial score (nSPS) is 16.5. The van der Waals surface area contributed by atoms with Gasteiger partial charge in [0.1, 0.15) is 12.4 Å². The lowest BCUT2D eigenvalue weighted by molar-refractivity contribution is -0.183. The molecule has 1 aliphatic heterocycles. The molecular weight excluding hydrogens is 337 g/mol. The fourth-order valence-electron chi connectivity index (χ4n) is 2.75. The first-order valence-electron chi connectivity index (χ1n) is 7.99. The van der Waals surface area contributed by atoms with Crippen molar-refractivity contribution in [3.63, 3.8) is 0 Å². The van der Waals surface area contributed by atoms with Crippen LogP contribution in [0.2, 0.25) is 0 Å². The minimum atomic E-state index is -4.33. The lowest BCUT2D eigenvalue weighted by Gasteiger charge is -2.13. The van der Waals surface area contributed by atoms with Gasteiger partial charge in [-0.1, -0.05) is 6.07 Å². The number of rotatable bonds is 6. The lowest BCUT2D eigenvalue weighted by atomic mass is 10.2. The van der Waals surface area contributed by atoms with Crippen molar-refractivity contribution in [3.05, 3.63) is 29.6 Å². The molecule has 9 heteroatoms. The van der Waals surface area contributed by atoms with Crippen molar-refractivity contribution >= 4 is 17.1 Å². The molecule has 0 unspecified atom stereocenters. The summed E-state index contributed by atoms with van der Waals surface area (Å²) in [5.41, 5.74) is 2.48. The molecule has 2 heterocycles. The van der Waals surface area contributed by atoms with Gasteiger partial charge in [0.05, 0.1) is 17.1 Å². The van der Waals surface area contributed by atoms with E-state index in [-0.39, 0.29) is 12.5 Å². The summed E-state index contributed by atoms with van der Waals surface area (Å²) >= 11 is 0. The van der Waals surface area contributed by atoms with E-state index in [1.54, 1.807) is 11.8 Å². The molecule has 0 spiro atoms. The Morgan fingerprint density at radius 1 is 1.40 bits per heavy atom. The highest BCUT2D eigenvalue weighted by molar-refractivity contribution is 5.77. The number of halogens is 3. The van der Waals surface area contributed by atoms with E-state index < -0.39 is 18.9 Å². The van der Waals surface area contributed by atoms with E-state index in [0.717, 1.165) is 16.6 Å². The lowest BCUT2D eigenvalue weighted by Crippen LogP contribution is -2.27. The third kappa shape index (κ3) is 4.62. The summed E-state index contributed by atoms with van der Waals surface area (Å²) in [5, 5.41) is 2.75. The van der Waals surface area contributed by atoms with Crippen molar-refractivity contribution in [1.82, 2.24) is 20.2 Å². The van der Waals surface area contributed by atoms with E-state index in [4.69, 9.17) is 4.74 Å². The number of nitrogens with zero attached hydrogens (tertiary/aromatic N) is 2. The third-order valence-electron chi connectivity index (χ3n) is 3.93. The molecular formula is C16H19F3N4O2. The number of aromatic nitrogens is 2. The number of hydrogen-bond acceptors (Lipinski definition) is 3. The molecule has 1 aromatic carbocycles. The summed E-state index contributed by atoms with van der Waals surface area (Å²) in [7, 11) is 0. The molecule has 25 heavy (non-hydrogen) atoms. The van der Waals surface area contributed by atoms with Crippen molar-refractivity contribution < 1.29 is 22.7 Å². The van der Waals surface area contributed by atoms with Gasteiger partial charge < -0.3 is 19.9 Å². The monoisotopic (exact) mass is 356 g/mol. The summed E-state index contributed by atoms with van der Waals surface area (Å²) in [6.07, 6.45) is -4.68. The van der Waals surface area contributed by atoms with E-state index >= 15 is 0 Å². The molecule has 3 rings (SSSR count). The molecule has 6 nitrogen and oxygen atoms in total. The second-order valence-electron chi connectivity index (χ2n) is 6.13. The summed E-state index contributed by atoms with van der Waals surface area (Å²) < 4.78 is 41.3. The molecule has 2 aromatic rings. The van der Waals surface area contributed by atoms with E-state index in [9.17, 15) is 18.0 Å². The van der Waals surface area contributed by atoms with Crippen LogP contribution in [0.5, 0.6) is 0 Å². The smallest absolute Gasteiger partial charge is 0.369 e. The minimum absolute atomic E-state index is 0.0824. The molecule has 1 fully saturated rings. The minimum Gasteiger partial charge on any atom is -0.369 e. The van der Waals surface area contributed by atoms with Crippen molar-refractivity contribution in [2.24, 2.45) is 0 Å². The van der Waals surface area contributed by atoms with Gasteiger partial charge >= 0.3 is 12.2 Å². The maximum Gasteiger partial charge on any atom is 0.411 e. The first kappa shape index (κ1) is 17.5. The Kier molecular flexibility index (Phi) is 4.85. The molecule has 0 aliphatic carbocycles. The second kappa shape index (κ2) is 6.91. The Balaban J connectivity index is 1.64. The molecule has 2 amide bonds. The standard InChI is InChI=1S/C16H19F3N4O2/c1-10(25-9-16(17,18)19)6-14-21-12-3-2-11(7-13(12)22-14)8-23-5-4-20-15(23)24/h2-3,7,10H,4-6,8-9H2,1H3,(H,20,24)(H,21,22)/t10-/m1/s1. The first-order chi connectivity index (χ1) is 11.8. The van der Waals surface area contributed by atoms with Gasteiger partial charge in [-0.05, 0) is 24.6 Å². The van der Waals surface area contributed by atoms with Gasteiger partial charge in [-0.3, -0.25) is 0 Å². The summed E-state index contributed by atoms with van der Waals surface area (Å²) in [6.45, 7) is 2.12. The van der Waals surface area contributed by atoms with Crippen LogP contribution in [0, 0.1) is 0 Å². The highest BCUT2D eigenvalue weighted by Gasteiger charge is 2.28. The number of alkyl halides is 3. The maximum absolute atomic E-state index is 12.2. The molecule has 136 valence electrons. The van der Waals surface area contributed by atoms with Crippen molar-refractivity contribution in [3.8, 4) is 0 Å². The number of amides is 2. The molecule has 0 radical (unpaired) electrons. The fourth-order valence-corrected chi connectivity index (χ4v) is 2.75. The highest BCUT2D eigenvalue weighted by atomic mass is 19.4. The molecule has 1 aromatic heterocycles. The molecule has 2 N–H and O–H groups in total. The summed E-state index contributed by atoms with van der Waals surface area (Å²) in [6, 6.07) is 5.54. The van der Waals surface area contributed by atoms with Crippen LogP contribution in [0.3, 0.4) is 0 Å². The summed E-state index contributed by atoms with van der Waals surface area (Å²) in [5.74, 6) is 0.570. The van der Waals surface area contributed by atoms with Crippen molar-refractivity contribution in [2.45, 2.75) is 32.2 Å². The van der Waals surface area contributed by atoms with Crippen molar-refractivity contribution in [2.75, 3.05) is 19.7 Å². The predicted molar refractivity (Wildman–Crippen MR) is 85.1 cm³/mol. The Bertz CT molecular complexity index is 759. The number of urea groups is 1. The number of H-pyrrole nitrogens is 1. The van der Waals surface area contributed by atoms with E-state index in [1.807, 2.05) is 18.2 Å². The van der Waals surface area contributed by atoms with E-state index in [2.05, 4.69) is 15.3 Å². The number of carbonyl (C=O) groups is 1. The number of aromatic amines is 1. The van der Waals surface area contributed by atoms with Gasteiger partial charge in [-0.25, -0.2) is 9.78 Å². The van der Waals surface area contributed by atoms with Gasteiger partial charge in [0, 0.05) is 26.1 Å². The number of carbonyl (C=O) groups excluding carboxylic acids is 1.